The molecule has 2 nitrogen and oxygen atoms in total. The van der Waals surface area contributed by atoms with E-state index in [1.54, 1.807) is 6.07 Å². The fraction of sp³-hybridized carbons (Fsp3) is 0.273. The van der Waals surface area contributed by atoms with Crippen LogP contribution in [0.1, 0.15) is 11.1 Å². The largest absolute Gasteiger partial charge is 0.229 e. The summed E-state index contributed by atoms with van der Waals surface area (Å²) in [5.74, 6) is 5.83. The first-order valence-electron chi connectivity index (χ1n) is 4.33. The van der Waals surface area contributed by atoms with Crippen molar-refractivity contribution in [1.82, 2.24) is 0 Å². The molecule has 15 heavy (non-hydrogen) atoms. The lowest BCUT2D eigenvalue weighted by Crippen LogP contribution is -2.02. The van der Waals surface area contributed by atoms with Gasteiger partial charge in [-0.2, -0.15) is 0 Å². The fourth-order valence-corrected chi connectivity index (χ4v) is 2.14. The summed E-state index contributed by atoms with van der Waals surface area (Å²) >= 11 is 3.20. The van der Waals surface area contributed by atoms with Gasteiger partial charge in [0.2, 0.25) is 0 Å². The zero-order valence-electron chi connectivity index (χ0n) is 8.33. The molecule has 1 aromatic rings. The number of sulfone groups is 1. The van der Waals surface area contributed by atoms with Crippen LogP contribution in [0.4, 0.5) is 0 Å². The highest BCUT2D eigenvalue weighted by Crippen LogP contribution is 2.10. The second-order valence-corrected chi connectivity index (χ2v) is 5.86. The van der Waals surface area contributed by atoms with Gasteiger partial charge in [-0.1, -0.05) is 46.0 Å². The van der Waals surface area contributed by atoms with Gasteiger partial charge in [-0.25, -0.2) is 8.42 Å². The predicted molar refractivity (Wildman–Crippen MR) is 65.7 cm³/mol. The summed E-state index contributed by atoms with van der Waals surface area (Å²) in [6.07, 6.45) is 1.22. The van der Waals surface area contributed by atoms with E-state index in [4.69, 9.17) is 0 Å². The minimum Gasteiger partial charge on any atom is -0.229 e. The molecule has 80 valence electrons. The van der Waals surface area contributed by atoms with Gasteiger partial charge in [0, 0.05) is 11.8 Å². The van der Waals surface area contributed by atoms with Crippen LogP contribution in [0.2, 0.25) is 0 Å². The summed E-state index contributed by atoms with van der Waals surface area (Å²) in [5.41, 5.74) is 1.54. The molecule has 0 aliphatic rings. The van der Waals surface area contributed by atoms with Gasteiger partial charge in [-0.15, -0.1) is 0 Å². The zero-order valence-corrected chi connectivity index (χ0v) is 10.7. The van der Waals surface area contributed by atoms with Crippen LogP contribution in [0.25, 0.3) is 0 Å². The molecule has 0 spiro atoms. The first-order valence-corrected chi connectivity index (χ1v) is 7.51. The molecule has 0 aliphatic heterocycles. The fourth-order valence-electron chi connectivity index (χ4n) is 1.18. The van der Waals surface area contributed by atoms with Crippen molar-refractivity contribution in [1.29, 1.82) is 0 Å². The molecular formula is C11H11BrO2S. The summed E-state index contributed by atoms with van der Waals surface area (Å²) in [6, 6.07) is 7.29. The predicted octanol–water partition coefficient (Wildman–Crippen LogP) is 1.98. The Kier molecular flexibility index (Phi) is 4.37. The standard InChI is InChI=1S/C11H11BrO2S/c1-15(13,14)9-11-6-3-2-5-10(11)7-4-8-12/h2-3,5-6H,8-9H2,1H3. The van der Waals surface area contributed by atoms with E-state index in [1.807, 2.05) is 18.2 Å². The Morgan fingerprint density at radius 2 is 2.00 bits per heavy atom. The summed E-state index contributed by atoms with van der Waals surface area (Å²) in [4.78, 5) is 0. The SMILES string of the molecule is CS(=O)(=O)Cc1ccccc1C#CCBr. The van der Waals surface area contributed by atoms with Gasteiger partial charge < -0.3 is 0 Å². The molecule has 0 aromatic heterocycles. The summed E-state index contributed by atoms with van der Waals surface area (Å²) in [7, 11) is -3.00. The van der Waals surface area contributed by atoms with E-state index >= 15 is 0 Å². The van der Waals surface area contributed by atoms with Crippen molar-refractivity contribution >= 4 is 25.8 Å². The van der Waals surface area contributed by atoms with Crippen molar-refractivity contribution in [2.45, 2.75) is 5.75 Å². The topological polar surface area (TPSA) is 34.1 Å². The van der Waals surface area contributed by atoms with E-state index in [2.05, 4.69) is 27.8 Å². The monoisotopic (exact) mass is 286 g/mol. The van der Waals surface area contributed by atoms with Gasteiger partial charge in [-0.3, -0.25) is 0 Å². The van der Waals surface area contributed by atoms with Crippen molar-refractivity contribution in [3.63, 3.8) is 0 Å². The Hall–Kier alpha value is -0.790. The van der Waals surface area contributed by atoms with Crippen LogP contribution < -0.4 is 0 Å². The Morgan fingerprint density at radius 3 is 2.60 bits per heavy atom. The molecule has 0 N–H and O–H groups in total. The molecule has 0 atom stereocenters. The minimum atomic E-state index is -3.00. The molecule has 1 rings (SSSR count). The third-order valence-corrected chi connectivity index (χ3v) is 2.84. The molecule has 0 amide bonds. The molecule has 0 unspecified atom stereocenters. The molecule has 0 bridgehead atoms. The van der Waals surface area contributed by atoms with Crippen molar-refractivity contribution in [2.24, 2.45) is 0 Å². The number of alkyl halides is 1. The molecule has 0 saturated heterocycles. The summed E-state index contributed by atoms with van der Waals surface area (Å²) in [6.45, 7) is 0. The Labute approximate surface area is 98.7 Å². The van der Waals surface area contributed by atoms with E-state index in [-0.39, 0.29) is 5.75 Å². The van der Waals surface area contributed by atoms with Crippen molar-refractivity contribution in [2.75, 3.05) is 11.6 Å². The van der Waals surface area contributed by atoms with E-state index in [1.165, 1.54) is 6.26 Å². The quantitative estimate of drug-likeness (QED) is 0.615. The minimum absolute atomic E-state index is 0.0418. The zero-order chi connectivity index (χ0) is 11.3. The lowest BCUT2D eigenvalue weighted by Gasteiger charge is -2.02. The molecule has 1 aromatic carbocycles. The molecule has 0 fully saturated rings. The Bertz CT molecular complexity index is 495. The van der Waals surface area contributed by atoms with Crippen LogP contribution >= 0.6 is 15.9 Å². The van der Waals surface area contributed by atoms with Crippen LogP contribution in [0, 0.1) is 11.8 Å². The lowest BCUT2D eigenvalue weighted by molar-refractivity contribution is 0.601. The smallest absolute Gasteiger partial charge is 0.151 e. The molecular weight excluding hydrogens is 276 g/mol. The first kappa shape index (κ1) is 12.3. The van der Waals surface area contributed by atoms with E-state index in [0.717, 1.165) is 11.1 Å². The van der Waals surface area contributed by atoms with Crippen LogP contribution in [-0.2, 0) is 15.6 Å². The number of hydrogen-bond donors (Lipinski definition) is 0. The maximum Gasteiger partial charge on any atom is 0.151 e. The van der Waals surface area contributed by atoms with Gasteiger partial charge >= 0.3 is 0 Å². The van der Waals surface area contributed by atoms with Gasteiger partial charge in [0.25, 0.3) is 0 Å². The number of hydrogen-bond acceptors (Lipinski definition) is 2. The second-order valence-electron chi connectivity index (χ2n) is 3.16. The average Bonchev–Trinajstić information content (AvgIpc) is 2.14. The highest BCUT2D eigenvalue weighted by atomic mass is 79.9. The number of halogens is 1. The van der Waals surface area contributed by atoms with Gasteiger partial charge in [0.15, 0.2) is 9.84 Å². The second kappa shape index (κ2) is 5.34. The normalized spacial score (nSPS) is 10.5. The van der Waals surface area contributed by atoms with E-state index in [9.17, 15) is 8.42 Å². The maximum atomic E-state index is 11.2. The van der Waals surface area contributed by atoms with Gasteiger partial charge in [-0.05, 0) is 11.6 Å². The molecule has 0 radical (unpaired) electrons. The number of benzene rings is 1. The average molecular weight is 287 g/mol. The van der Waals surface area contributed by atoms with Crippen molar-refractivity contribution in [3.05, 3.63) is 35.4 Å². The third-order valence-electron chi connectivity index (χ3n) is 1.72. The molecule has 0 saturated carbocycles. The van der Waals surface area contributed by atoms with E-state index < -0.39 is 9.84 Å². The third kappa shape index (κ3) is 4.50. The maximum absolute atomic E-state index is 11.2. The van der Waals surface area contributed by atoms with Crippen LogP contribution in [0.5, 0.6) is 0 Å². The molecule has 4 heteroatoms. The van der Waals surface area contributed by atoms with E-state index in [0.29, 0.717) is 5.33 Å². The molecule has 0 aliphatic carbocycles. The summed E-state index contributed by atoms with van der Waals surface area (Å²) < 4.78 is 22.3. The van der Waals surface area contributed by atoms with Crippen LogP contribution in [0.15, 0.2) is 24.3 Å². The Morgan fingerprint density at radius 1 is 1.33 bits per heavy atom. The highest BCUT2D eigenvalue weighted by molar-refractivity contribution is 9.09. The lowest BCUT2D eigenvalue weighted by atomic mass is 10.1. The summed E-state index contributed by atoms with van der Waals surface area (Å²) in [5, 5.41) is 0.584. The Balaban J connectivity index is 3.07. The van der Waals surface area contributed by atoms with Gasteiger partial charge in [0.05, 0.1) is 11.1 Å². The van der Waals surface area contributed by atoms with Crippen molar-refractivity contribution < 1.29 is 8.42 Å². The van der Waals surface area contributed by atoms with Crippen molar-refractivity contribution in [3.8, 4) is 11.8 Å². The highest BCUT2D eigenvalue weighted by Gasteiger charge is 2.07. The van der Waals surface area contributed by atoms with Crippen LogP contribution in [0.3, 0.4) is 0 Å². The molecule has 0 heterocycles. The van der Waals surface area contributed by atoms with Gasteiger partial charge in [0.1, 0.15) is 0 Å². The number of rotatable bonds is 2. The van der Waals surface area contributed by atoms with Crippen LogP contribution in [-0.4, -0.2) is 20.0 Å². The first-order chi connectivity index (χ1) is 7.03.